The molecule has 1 atom stereocenters. The van der Waals surface area contributed by atoms with E-state index in [0.29, 0.717) is 12.2 Å². The summed E-state index contributed by atoms with van der Waals surface area (Å²) < 4.78 is 0. The van der Waals surface area contributed by atoms with Crippen LogP contribution in [0.15, 0.2) is 34.4 Å². The molecule has 0 aromatic heterocycles. The number of hydrogen-bond donors (Lipinski definition) is 0. The van der Waals surface area contributed by atoms with E-state index >= 15 is 0 Å². The Balaban J connectivity index is 2.80. The first-order valence-corrected chi connectivity index (χ1v) is 6.17. The van der Waals surface area contributed by atoms with Crippen LogP contribution in [0.5, 0.6) is 0 Å². The average molecular weight is 239 g/mol. The number of carbonyl (C=O) groups is 1. The van der Waals surface area contributed by atoms with Gasteiger partial charge in [0.15, 0.2) is 0 Å². The minimum Gasteiger partial charge on any atom is -0.299 e. The lowest BCUT2D eigenvalue weighted by Crippen LogP contribution is -2.10. The van der Waals surface area contributed by atoms with Gasteiger partial charge >= 0.3 is 0 Å². The summed E-state index contributed by atoms with van der Waals surface area (Å²) in [5.74, 6) is 0.362. The molecule has 0 aromatic rings. The second-order valence-corrected chi connectivity index (χ2v) is 4.80. The zero-order valence-electron chi connectivity index (χ0n) is 10.2. The summed E-state index contributed by atoms with van der Waals surface area (Å²) in [5, 5.41) is 0.780. The lowest BCUT2D eigenvalue weighted by atomic mass is 9.95. The molecule has 0 spiro atoms. The fraction of sp³-hybridized carbons (Fsp3) is 0.500. The minimum absolute atomic E-state index is 0.0604. The number of hydrogen-bond acceptors (Lipinski definition) is 1. The predicted molar refractivity (Wildman–Crippen MR) is 69.5 cm³/mol. The first-order chi connectivity index (χ1) is 7.54. The zero-order chi connectivity index (χ0) is 12.1. The number of halogens is 1. The maximum Gasteiger partial charge on any atom is 0.135 e. The highest BCUT2D eigenvalue weighted by Gasteiger charge is 2.14. The van der Waals surface area contributed by atoms with E-state index in [9.17, 15) is 4.79 Å². The molecule has 1 rings (SSSR count). The second kappa shape index (κ2) is 6.05. The summed E-state index contributed by atoms with van der Waals surface area (Å²) in [4.78, 5) is 11.5. The smallest absolute Gasteiger partial charge is 0.135 e. The first-order valence-electron chi connectivity index (χ1n) is 5.79. The Kier molecular flexibility index (Phi) is 5.01. The first kappa shape index (κ1) is 13.2. The number of carbonyl (C=O) groups excluding carboxylic acids is 1. The van der Waals surface area contributed by atoms with Crippen LogP contribution < -0.4 is 0 Å². The number of Topliss-reactive ketones (excluding diaryl/α,β-unsaturated/α-hetero) is 1. The maximum absolute atomic E-state index is 11.5. The van der Waals surface area contributed by atoms with Gasteiger partial charge in [0.25, 0.3) is 0 Å². The molecule has 1 nitrogen and oxygen atoms in total. The van der Waals surface area contributed by atoms with Gasteiger partial charge in [-0.2, -0.15) is 0 Å². The van der Waals surface area contributed by atoms with E-state index in [1.54, 1.807) is 0 Å². The average Bonchev–Trinajstić information content (AvgIpc) is 2.39. The van der Waals surface area contributed by atoms with Crippen molar-refractivity contribution in [3.63, 3.8) is 0 Å². The molecule has 1 unspecified atom stereocenters. The molecule has 0 saturated heterocycles. The van der Waals surface area contributed by atoms with Crippen molar-refractivity contribution >= 4 is 17.4 Å². The number of rotatable bonds is 4. The monoisotopic (exact) mass is 238 g/mol. The van der Waals surface area contributed by atoms with E-state index in [-0.39, 0.29) is 5.92 Å². The second-order valence-electron chi connectivity index (χ2n) is 4.40. The summed E-state index contributed by atoms with van der Waals surface area (Å²) in [6, 6.07) is 0. The van der Waals surface area contributed by atoms with Crippen LogP contribution in [-0.2, 0) is 4.79 Å². The molecule has 16 heavy (non-hydrogen) atoms. The molecule has 0 amide bonds. The Morgan fingerprint density at radius 3 is 2.88 bits per heavy atom. The zero-order valence-corrected chi connectivity index (χ0v) is 11.0. The molecule has 0 aromatic carbocycles. The van der Waals surface area contributed by atoms with Crippen molar-refractivity contribution in [2.75, 3.05) is 0 Å². The summed E-state index contributed by atoms with van der Waals surface area (Å²) in [6.45, 7) is 5.94. The van der Waals surface area contributed by atoms with Crippen molar-refractivity contribution in [3.8, 4) is 0 Å². The molecule has 1 aliphatic carbocycles. The fourth-order valence-electron chi connectivity index (χ4n) is 1.79. The van der Waals surface area contributed by atoms with Crippen LogP contribution in [-0.4, -0.2) is 5.78 Å². The quantitative estimate of drug-likeness (QED) is 0.710. The molecular weight excluding hydrogens is 220 g/mol. The molecule has 0 fully saturated rings. The maximum atomic E-state index is 11.5. The summed E-state index contributed by atoms with van der Waals surface area (Å²) in [5.41, 5.74) is 2.33. The molecule has 0 saturated carbocycles. The SMILES string of the molecule is CCC(=O)C(C)CC1=C(Cl)C=C(C)CC=C1. The Hall–Kier alpha value is -0.820. The fourth-order valence-corrected chi connectivity index (χ4v) is 2.12. The van der Waals surface area contributed by atoms with Gasteiger partial charge in [-0.3, -0.25) is 4.79 Å². The van der Waals surface area contributed by atoms with E-state index in [2.05, 4.69) is 19.1 Å². The van der Waals surface area contributed by atoms with Gasteiger partial charge in [0.2, 0.25) is 0 Å². The van der Waals surface area contributed by atoms with Gasteiger partial charge in [0.05, 0.1) is 0 Å². The Morgan fingerprint density at radius 2 is 2.25 bits per heavy atom. The molecule has 2 heteroatoms. The minimum atomic E-state index is 0.0604. The summed E-state index contributed by atoms with van der Waals surface area (Å²) in [7, 11) is 0. The van der Waals surface area contributed by atoms with E-state index in [1.165, 1.54) is 5.57 Å². The third-order valence-corrected chi connectivity index (χ3v) is 3.21. The highest BCUT2D eigenvalue weighted by atomic mass is 35.5. The van der Waals surface area contributed by atoms with Crippen molar-refractivity contribution in [1.29, 1.82) is 0 Å². The molecule has 1 aliphatic rings. The van der Waals surface area contributed by atoms with Crippen LogP contribution in [0.3, 0.4) is 0 Å². The van der Waals surface area contributed by atoms with E-state index < -0.39 is 0 Å². The van der Waals surface area contributed by atoms with Gasteiger partial charge in [-0.1, -0.05) is 43.2 Å². The third kappa shape index (κ3) is 3.64. The van der Waals surface area contributed by atoms with Crippen molar-refractivity contribution in [1.82, 2.24) is 0 Å². The topological polar surface area (TPSA) is 17.1 Å². The molecule has 0 radical (unpaired) electrons. The van der Waals surface area contributed by atoms with E-state index in [4.69, 9.17) is 11.6 Å². The van der Waals surface area contributed by atoms with E-state index in [1.807, 2.05) is 19.9 Å². The number of ketones is 1. The van der Waals surface area contributed by atoms with Crippen LogP contribution in [0.1, 0.15) is 40.0 Å². The lowest BCUT2D eigenvalue weighted by molar-refractivity contribution is -0.122. The molecule has 0 aliphatic heterocycles. The molecule has 0 bridgehead atoms. The van der Waals surface area contributed by atoms with Crippen molar-refractivity contribution < 1.29 is 4.79 Å². The predicted octanol–water partition coefficient (Wildman–Crippen LogP) is 4.39. The highest BCUT2D eigenvalue weighted by molar-refractivity contribution is 6.31. The Bertz CT molecular complexity index is 361. The molecular formula is C14H19ClO. The molecule has 0 N–H and O–H groups in total. The van der Waals surface area contributed by atoms with Gasteiger partial charge in [0.1, 0.15) is 5.78 Å². The normalized spacial score (nSPS) is 18.1. The van der Waals surface area contributed by atoms with Crippen LogP contribution >= 0.6 is 11.6 Å². The summed E-state index contributed by atoms with van der Waals surface area (Å²) >= 11 is 6.21. The van der Waals surface area contributed by atoms with Crippen LogP contribution in [0, 0.1) is 5.92 Å². The standard InChI is InChI=1S/C14H19ClO/c1-4-14(16)11(3)9-12-7-5-6-10(2)8-13(12)15/h5,7-8,11H,4,6,9H2,1-3H3. The lowest BCUT2D eigenvalue weighted by Gasteiger charge is -2.10. The Labute approximate surface area is 103 Å². The van der Waals surface area contributed by atoms with Crippen molar-refractivity contribution in [3.05, 3.63) is 34.4 Å². The largest absolute Gasteiger partial charge is 0.299 e. The summed E-state index contributed by atoms with van der Waals surface area (Å²) in [6.07, 6.45) is 8.45. The van der Waals surface area contributed by atoms with Crippen molar-refractivity contribution in [2.45, 2.75) is 40.0 Å². The van der Waals surface area contributed by atoms with Crippen molar-refractivity contribution in [2.24, 2.45) is 5.92 Å². The Morgan fingerprint density at radius 1 is 1.56 bits per heavy atom. The van der Waals surface area contributed by atoms with Crippen LogP contribution in [0.2, 0.25) is 0 Å². The molecule has 0 heterocycles. The number of allylic oxidation sites excluding steroid dienone is 6. The van der Waals surface area contributed by atoms with E-state index in [0.717, 1.165) is 23.4 Å². The van der Waals surface area contributed by atoms with Crippen LogP contribution in [0.25, 0.3) is 0 Å². The van der Waals surface area contributed by atoms with Gasteiger partial charge < -0.3 is 0 Å². The highest BCUT2D eigenvalue weighted by Crippen LogP contribution is 2.25. The van der Waals surface area contributed by atoms with Gasteiger partial charge in [-0.25, -0.2) is 0 Å². The molecule has 88 valence electrons. The van der Waals surface area contributed by atoms with Gasteiger partial charge in [0, 0.05) is 17.4 Å². The third-order valence-electron chi connectivity index (χ3n) is 2.86. The van der Waals surface area contributed by atoms with Crippen LogP contribution in [0.4, 0.5) is 0 Å². The van der Waals surface area contributed by atoms with Gasteiger partial charge in [-0.15, -0.1) is 0 Å². The van der Waals surface area contributed by atoms with Gasteiger partial charge in [-0.05, 0) is 31.4 Å².